The lowest BCUT2D eigenvalue weighted by atomic mass is 10.3. The van der Waals surface area contributed by atoms with E-state index in [0.717, 1.165) is 9.26 Å². The molecule has 0 unspecified atom stereocenters. The molecule has 1 heterocycles. The number of benzene rings is 1. The van der Waals surface area contributed by atoms with E-state index < -0.39 is 0 Å². The number of hydrogen-bond donors (Lipinski definition) is 1. The number of hydrogen-bond acceptors (Lipinski definition) is 1. The van der Waals surface area contributed by atoms with Gasteiger partial charge in [0.15, 0.2) is 0 Å². The van der Waals surface area contributed by atoms with E-state index in [-0.39, 0.29) is 5.69 Å². The molecular weight excluding hydrogens is 279 g/mol. The van der Waals surface area contributed by atoms with Crippen LogP contribution in [0.2, 0.25) is 0 Å². The molecule has 0 amide bonds. The van der Waals surface area contributed by atoms with Crippen molar-refractivity contribution in [1.29, 1.82) is 0 Å². The molecule has 0 aliphatic heterocycles. The van der Waals surface area contributed by atoms with Gasteiger partial charge in [-0.25, -0.2) is 4.79 Å². The summed E-state index contributed by atoms with van der Waals surface area (Å²) in [5, 5.41) is 0. The maximum absolute atomic E-state index is 11.3. The third kappa shape index (κ3) is 1.53. The Morgan fingerprint density at radius 3 is 2.69 bits per heavy atom. The Hall–Kier alpha value is -1.04. The van der Waals surface area contributed by atoms with Gasteiger partial charge in [0.1, 0.15) is 0 Å². The Balaban J connectivity index is 2.66. The molecule has 1 aromatic carbocycles. The van der Waals surface area contributed by atoms with Crippen molar-refractivity contribution in [2.45, 2.75) is 0 Å². The minimum atomic E-state index is -0.107. The quantitative estimate of drug-likeness (QED) is 0.797. The van der Waals surface area contributed by atoms with E-state index in [4.69, 9.17) is 0 Å². The number of nitrogens with zero attached hydrogens (tertiary/aromatic N) is 1. The van der Waals surface area contributed by atoms with Gasteiger partial charge < -0.3 is 4.98 Å². The minimum Gasteiger partial charge on any atom is -0.312 e. The average molecular weight is 286 g/mol. The summed E-state index contributed by atoms with van der Waals surface area (Å²) in [6.45, 7) is 0. The lowest BCUT2D eigenvalue weighted by Crippen LogP contribution is -2.14. The van der Waals surface area contributed by atoms with Crippen molar-refractivity contribution < 1.29 is 0 Å². The fraction of sp³-hybridized carbons (Fsp3) is 0. The van der Waals surface area contributed by atoms with Crippen LogP contribution in [0.1, 0.15) is 0 Å². The molecule has 2 rings (SSSR count). The minimum absolute atomic E-state index is 0.107. The highest BCUT2D eigenvalue weighted by atomic mass is 127. The summed E-state index contributed by atoms with van der Waals surface area (Å²) in [6, 6.07) is 7.74. The van der Waals surface area contributed by atoms with E-state index in [2.05, 4.69) is 27.6 Å². The molecule has 0 saturated heterocycles. The second-order valence-corrected chi connectivity index (χ2v) is 3.75. The van der Waals surface area contributed by atoms with Gasteiger partial charge in [-0.2, -0.15) is 0 Å². The lowest BCUT2D eigenvalue weighted by Gasteiger charge is -2.02. The van der Waals surface area contributed by atoms with Gasteiger partial charge in [0.25, 0.3) is 0 Å². The van der Waals surface area contributed by atoms with Gasteiger partial charge in [-0.15, -0.1) is 0 Å². The Morgan fingerprint density at radius 2 is 2.08 bits per heavy atom. The largest absolute Gasteiger partial charge is 0.330 e. The van der Waals surface area contributed by atoms with E-state index in [1.165, 1.54) is 0 Å². The summed E-state index contributed by atoms with van der Waals surface area (Å²) < 4.78 is 2.64. The predicted octanol–water partition coefficient (Wildman–Crippen LogP) is 1.77. The maximum atomic E-state index is 11.3. The van der Waals surface area contributed by atoms with Crippen molar-refractivity contribution in [3.63, 3.8) is 0 Å². The number of rotatable bonds is 1. The first-order chi connectivity index (χ1) is 6.29. The highest BCUT2D eigenvalue weighted by Crippen LogP contribution is 2.13. The fourth-order valence-electron chi connectivity index (χ4n) is 1.16. The smallest absolute Gasteiger partial charge is 0.312 e. The zero-order chi connectivity index (χ0) is 9.26. The molecule has 0 saturated carbocycles. The molecule has 2 aromatic rings. The molecule has 3 nitrogen and oxygen atoms in total. The first-order valence-electron chi connectivity index (χ1n) is 3.80. The van der Waals surface area contributed by atoms with E-state index >= 15 is 0 Å². The second-order valence-electron chi connectivity index (χ2n) is 2.59. The molecule has 0 atom stereocenters. The van der Waals surface area contributed by atoms with Crippen molar-refractivity contribution in [2.75, 3.05) is 0 Å². The summed E-state index contributed by atoms with van der Waals surface area (Å²) >= 11 is 2.20. The normalized spacial score (nSPS) is 10.2. The van der Waals surface area contributed by atoms with Gasteiger partial charge in [-0.3, -0.25) is 4.57 Å². The highest BCUT2D eigenvalue weighted by Gasteiger charge is 2.02. The van der Waals surface area contributed by atoms with Crippen LogP contribution in [0.25, 0.3) is 5.69 Å². The van der Waals surface area contributed by atoms with Crippen LogP contribution in [0.5, 0.6) is 0 Å². The fourth-order valence-corrected chi connectivity index (χ4v) is 1.80. The molecule has 1 aromatic heterocycles. The van der Waals surface area contributed by atoms with Gasteiger partial charge in [-0.1, -0.05) is 12.1 Å². The number of H-pyrrole nitrogens is 1. The summed E-state index contributed by atoms with van der Waals surface area (Å²) in [4.78, 5) is 13.9. The molecule has 0 aliphatic carbocycles. The number of para-hydroxylation sites is 1. The summed E-state index contributed by atoms with van der Waals surface area (Å²) in [7, 11) is 0. The Labute approximate surface area is 88.6 Å². The van der Waals surface area contributed by atoms with Crippen molar-refractivity contribution in [3.05, 3.63) is 50.7 Å². The average Bonchev–Trinajstić information content (AvgIpc) is 2.52. The summed E-state index contributed by atoms with van der Waals surface area (Å²) in [5.41, 5.74) is 0.804. The molecule has 0 spiro atoms. The van der Waals surface area contributed by atoms with Crippen LogP contribution in [-0.4, -0.2) is 9.55 Å². The van der Waals surface area contributed by atoms with E-state index in [0.29, 0.717) is 0 Å². The summed E-state index contributed by atoms with van der Waals surface area (Å²) in [5.74, 6) is 0. The Bertz CT molecular complexity index is 472. The van der Waals surface area contributed by atoms with E-state index in [1.807, 2.05) is 24.3 Å². The van der Waals surface area contributed by atoms with Crippen molar-refractivity contribution in [2.24, 2.45) is 0 Å². The van der Waals surface area contributed by atoms with Crippen molar-refractivity contribution in [1.82, 2.24) is 9.55 Å². The first kappa shape index (κ1) is 8.55. The molecule has 66 valence electrons. The monoisotopic (exact) mass is 286 g/mol. The molecular formula is C9H7IN2O. The summed E-state index contributed by atoms with van der Waals surface area (Å²) in [6.07, 6.45) is 3.35. The van der Waals surface area contributed by atoms with Crippen LogP contribution < -0.4 is 5.69 Å². The molecule has 13 heavy (non-hydrogen) atoms. The third-order valence-corrected chi connectivity index (χ3v) is 2.67. The molecule has 4 heteroatoms. The van der Waals surface area contributed by atoms with Gasteiger partial charge in [0, 0.05) is 16.0 Å². The SMILES string of the molecule is O=c1[nH]ccn1-c1ccccc1I. The van der Waals surface area contributed by atoms with E-state index in [9.17, 15) is 4.79 Å². The van der Waals surface area contributed by atoms with Gasteiger partial charge in [0.2, 0.25) is 0 Å². The molecule has 1 N–H and O–H groups in total. The Kier molecular flexibility index (Phi) is 2.22. The maximum Gasteiger partial charge on any atom is 0.330 e. The molecule has 0 radical (unpaired) electrons. The zero-order valence-corrected chi connectivity index (χ0v) is 8.86. The number of halogens is 1. The number of aromatic amines is 1. The standard InChI is InChI=1S/C9H7IN2O/c10-7-3-1-2-4-8(7)12-6-5-11-9(12)13/h1-6H,(H,11,13). The van der Waals surface area contributed by atoms with Crippen LogP contribution >= 0.6 is 22.6 Å². The second kappa shape index (κ2) is 3.37. The van der Waals surface area contributed by atoms with Gasteiger partial charge >= 0.3 is 5.69 Å². The third-order valence-electron chi connectivity index (χ3n) is 1.76. The van der Waals surface area contributed by atoms with Crippen molar-refractivity contribution >= 4 is 22.6 Å². The zero-order valence-electron chi connectivity index (χ0n) is 6.70. The van der Waals surface area contributed by atoms with Gasteiger partial charge in [0.05, 0.1) is 5.69 Å². The van der Waals surface area contributed by atoms with Gasteiger partial charge in [-0.05, 0) is 34.7 Å². The number of nitrogens with one attached hydrogen (secondary N) is 1. The highest BCUT2D eigenvalue weighted by molar-refractivity contribution is 14.1. The van der Waals surface area contributed by atoms with Crippen LogP contribution in [0.3, 0.4) is 0 Å². The molecule has 0 bridgehead atoms. The van der Waals surface area contributed by atoms with Crippen LogP contribution in [0, 0.1) is 3.57 Å². The number of aromatic nitrogens is 2. The number of imidazole rings is 1. The lowest BCUT2D eigenvalue weighted by molar-refractivity contribution is 0.981. The Morgan fingerprint density at radius 1 is 1.31 bits per heavy atom. The predicted molar refractivity (Wildman–Crippen MR) is 59.1 cm³/mol. The first-order valence-corrected chi connectivity index (χ1v) is 4.88. The molecule has 0 fully saturated rings. The van der Waals surface area contributed by atoms with E-state index in [1.54, 1.807) is 17.0 Å². The van der Waals surface area contributed by atoms with Crippen LogP contribution in [-0.2, 0) is 0 Å². The van der Waals surface area contributed by atoms with Crippen LogP contribution in [0.15, 0.2) is 41.5 Å². The van der Waals surface area contributed by atoms with Crippen LogP contribution in [0.4, 0.5) is 0 Å². The topological polar surface area (TPSA) is 37.8 Å². The molecule has 0 aliphatic rings. The van der Waals surface area contributed by atoms with Crippen molar-refractivity contribution in [3.8, 4) is 5.69 Å².